The fourth-order valence-electron chi connectivity index (χ4n) is 0.871. The minimum Gasteiger partial charge on any atom is -0.477 e. The Kier molecular flexibility index (Phi) is 2.94. The lowest BCUT2D eigenvalue weighted by Gasteiger charge is -2.06. The Hall–Kier alpha value is -1.46. The molecule has 5 heteroatoms. The summed E-state index contributed by atoms with van der Waals surface area (Å²) in [6.07, 6.45) is 0. The molecule has 0 saturated carbocycles. The smallest absolute Gasteiger partial charge is 0.354 e. The highest BCUT2D eigenvalue weighted by molar-refractivity contribution is 5.85. The van der Waals surface area contributed by atoms with Gasteiger partial charge in [-0.2, -0.15) is 0 Å². The fraction of sp³-hybridized carbons (Fsp3) is 0.250. The van der Waals surface area contributed by atoms with E-state index >= 15 is 0 Å². The van der Waals surface area contributed by atoms with Gasteiger partial charge in [0.25, 0.3) is 0 Å². The van der Waals surface area contributed by atoms with Gasteiger partial charge in [-0.3, -0.25) is 0 Å². The molecule has 1 rings (SSSR count). The van der Waals surface area contributed by atoms with E-state index in [4.69, 9.17) is 15.9 Å². The van der Waals surface area contributed by atoms with E-state index in [-0.39, 0.29) is 12.3 Å². The summed E-state index contributed by atoms with van der Waals surface area (Å²) in [6, 6.07) is 3.86. The number of rotatable bonds is 3. The predicted molar refractivity (Wildman–Crippen MR) is 45.2 cm³/mol. The van der Waals surface area contributed by atoms with Gasteiger partial charge in [-0.15, -0.1) is 0 Å². The van der Waals surface area contributed by atoms with E-state index in [1.165, 1.54) is 6.07 Å². The van der Waals surface area contributed by atoms with Gasteiger partial charge in [0.15, 0.2) is 0 Å². The van der Waals surface area contributed by atoms with E-state index in [1.807, 2.05) is 0 Å². The largest absolute Gasteiger partial charge is 0.477 e. The molecular formula is C8H10N2O3. The number of aromatic carboxylic acids is 1. The highest BCUT2D eigenvalue weighted by atomic mass is 16.4. The van der Waals surface area contributed by atoms with Crippen LogP contribution in [0.5, 0.6) is 0 Å². The topological polar surface area (TPSA) is 96.4 Å². The lowest BCUT2D eigenvalue weighted by molar-refractivity contribution is 0.0690. The second-order valence-corrected chi connectivity index (χ2v) is 2.54. The number of hydrogen-bond donors (Lipinski definition) is 3. The van der Waals surface area contributed by atoms with Crippen molar-refractivity contribution in [1.82, 2.24) is 4.98 Å². The van der Waals surface area contributed by atoms with Crippen LogP contribution in [0.4, 0.5) is 0 Å². The number of nitrogens with zero attached hydrogens (tertiary/aromatic N) is 1. The molecule has 0 aromatic carbocycles. The summed E-state index contributed by atoms with van der Waals surface area (Å²) in [6.45, 7) is -0.254. The predicted octanol–water partition coefficient (Wildman–Crippen LogP) is -0.228. The summed E-state index contributed by atoms with van der Waals surface area (Å²) in [5.74, 6) is -1.10. The molecule has 1 unspecified atom stereocenters. The number of carbonyl (C=O) groups is 1. The molecule has 0 spiro atoms. The summed E-state index contributed by atoms with van der Waals surface area (Å²) in [5.41, 5.74) is 5.77. The minimum absolute atomic E-state index is 0.0681. The number of aliphatic hydroxyl groups excluding tert-OH is 1. The standard InChI is InChI=1S/C8H10N2O3/c9-5(4-11)6-2-1-3-7(10-6)8(12)13/h1-3,5,11H,4,9H2,(H,12,13). The van der Waals surface area contributed by atoms with Crippen molar-refractivity contribution < 1.29 is 15.0 Å². The minimum atomic E-state index is -1.10. The van der Waals surface area contributed by atoms with Crippen LogP contribution in [0.2, 0.25) is 0 Å². The summed E-state index contributed by atoms with van der Waals surface area (Å²) in [5, 5.41) is 17.3. The Morgan fingerprint density at radius 2 is 2.31 bits per heavy atom. The Morgan fingerprint density at radius 1 is 1.62 bits per heavy atom. The van der Waals surface area contributed by atoms with Crippen LogP contribution in [0.1, 0.15) is 22.2 Å². The lowest BCUT2D eigenvalue weighted by atomic mass is 10.2. The Balaban J connectivity index is 2.98. The zero-order valence-corrected chi connectivity index (χ0v) is 6.84. The number of carboxylic acids is 1. The van der Waals surface area contributed by atoms with Crippen LogP contribution in [-0.2, 0) is 0 Å². The van der Waals surface area contributed by atoms with Crippen molar-refractivity contribution in [3.8, 4) is 0 Å². The van der Waals surface area contributed by atoms with Crippen LogP contribution in [0.15, 0.2) is 18.2 Å². The van der Waals surface area contributed by atoms with Crippen molar-refractivity contribution in [3.05, 3.63) is 29.6 Å². The lowest BCUT2D eigenvalue weighted by Crippen LogP contribution is -2.17. The van der Waals surface area contributed by atoms with Crippen LogP contribution in [0.3, 0.4) is 0 Å². The quantitative estimate of drug-likeness (QED) is 0.600. The van der Waals surface area contributed by atoms with Gasteiger partial charge in [-0.1, -0.05) is 6.07 Å². The van der Waals surface area contributed by atoms with E-state index in [0.717, 1.165) is 0 Å². The molecule has 0 fully saturated rings. The number of aliphatic hydroxyl groups is 1. The van der Waals surface area contributed by atoms with Crippen LogP contribution in [0, 0.1) is 0 Å². The molecule has 0 bridgehead atoms. The third-order valence-electron chi connectivity index (χ3n) is 1.57. The highest BCUT2D eigenvalue weighted by Gasteiger charge is 2.09. The molecule has 5 nitrogen and oxygen atoms in total. The summed E-state index contributed by atoms with van der Waals surface area (Å²) >= 11 is 0. The van der Waals surface area contributed by atoms with Gasteiger partial charge in [0, 0.05) is 0 Å². The molecule has 0 amide bonds. The van der Waals surface area contributed by atoms with E-state index in [1.54, 1.807) is 12.1 Å². The molecule has 0 aliphatic rings. The molecule has 70 valence electrons. The Bertz CT molecular complexity index is 314. The van der Waals surface area contributed by atoms with Crippen molar-refractivity contribution in [2.24, 2.45) is 5.73 Å². The van der Waals surface area contributed by atoms with Crippen molar-refractivity contribution in [2.75, 3.05) is 6.61 Å². The Labute approximate surface area is 74.8 Å². The van der Waals surface area contributed by atoms with E-state index in [2.05, 4.69) is 4.98 Å². The maximum atomic E-state index is 10.5. The monoisotopic (exact) mass is 182 g/mol. The zero-order valence-electron chi connectivity index (χ0n) is 6.84. The highest BCUT2D eigenvalue weighted by Crippen LogP contribution is 2.06. The third-order valence-corrected chi connectivity index (χ3v) is 1.57. The molecule has 0 aliphatic carbocycles. The van der Waals surface area contributed by atoms with E-state index < -0.39 is 12.0 Å². The van der Waals surface area contributed by atoms with Crippen molar-refractivity contribution in [1.29, 1.82) is 0 Å². The average Bonchev–Trinajstić information content (AvgIpc) is 2.17. The van der Waals surface area contributed by atoms with Crippen molar-refractivity contribution in [2.45, 2.75) is 6.04 Å². The molecule has 0 radical (unpaired) electrons. The van der Waals surface area contributed by atoms with Crippen molar-refractivity contribution in [3.63, 3.8) is 0 Å². The Morgan fingerprint density at radius 3 is 2.85 bits per heavy atom. The van der Waals surface area contributed by atoms with Crippen LogP contribution in [-0.4, -0.2) is 27.8 Å². The number of aromatic nitrogens is 1. The molecule has 1 heterocycles. The average molecular weight is 182 g/mol. The summed E-state index contributed by atoms with van der Waals surface area (Å²) in [7, 11) is 0. The number of pyridine rings is 1. The van der Waals surface area contributed by atoms with Gasteiger partial charge in [-0.25, -0.2) is 9.78 Å². The van der Waals surface area contributed by atoms with Gasteiger partial charge in [0.1, 0.15) is 5.69 Å². The van der Waals surface area contributed by atoms with Gasteiger partial charge < -0.3 is 15.9 Å². The van der Waals surface area contributed by atoms with E-state index in [9.17, 15) is 4.79 Å². The first-order chi connectivity index (χ1) is 6.15. The van der Waals surface area contributed by atoms with Crippen LogP contribution >= 0.6 is 0 Å². The third kappa shape index (κ3) is 2.24. The molecule has 4 N–H and O–H groups in total. The van der Waals surface area contributed by atoms with Gasteiger partial charge in [0.05, 0.1) is 18.3 Å². The molecule has 0 saturated heterocycles. The number of nitrogens with two attached hydrogens (primary N) is 1. The first kappa shape index (κ1) is 9.63. The fourth-order valence-corrected chi connectivity index (χ4v) is 0.871. The SMILES string of the molecule is NC(CO)c1cccc(C(=O)O)n1. The molecule has 1 aromatic rings. The molecule has 13 heavy (non-hydrogen) atoms. The second kappa shape index (κ2) is 3.97. The van der Waals surface area contributed by atoms with Crippen molar-refractivity contribution >= 4 is 5.97 Å². The van der Waals surface area contributed by atoms with Crippen LogP contribution < -0.4 is 5.73 Å². The first-order valence-electron chi connectivity index (χ1n) is 3.72. The maximum Gasteiger partial charge on any atom is 0.354 e. The van der Waals surface area contributed by atoms with E-state index in [0.29, 0.717) is 5.69 Å². The molecule has 1 atom stereocenters. The first-order valence-corrected chi connectivity index (χ1v) is 3.72. The maximum absolute atomic E-state index is 10.5. The molecule has 1 aromatic heterocycles. The second-order valence-electron chi connectivity index (χ2n) is 2.54. The van der Waals surface area contributed by atoms with Gasteiger partial charge in [0.2, 0.25) is 0 Å². The van der Waals surface area contributed by atoms with Crippen LogP contribution in [0.25, 0.3) is 0 Å². The number of hydrogen-bond acceptors (Lipinski definition) is 4. The zero-order chi connectivity index (χ0) is 9.84. The van der Waals surface area contributed by atoms with Gasteiger partial charge in [-0.05, 0) is 12.1 Å². The van der Waals surface area contributed by atoms with Gasteiger partial charge >= 0.3 is 5.97 Å². The number of carboxylic acid groups (broad SMARTS) is 1. The molecular weight excluding hydrogens is 172 g/mol. The summed E-state index contributed by atoms with van der Waals surface area (Å²) in [4.78, 5) is 14.3. The molecule has 0 aliphatic heterocycles. The summed E-state index contributed by atoms with van der Waals surface area (Å²) < 4.78 is 0. The normalized spacial score (nSPS) is 12.5.